The van der Waals surface area contributed by atoms with Gasteiger partial charge in [0.25, 0.3) is 0 Å². The van der Waals surface area contributed by atoms with Crippen molar-refractivity contribution < 1.29 is 57.2 Å². The summed E-state index contributed by atoms with van der Waals surface area (Å²) in [4.78, 5) is 80.0. The topological polar surface area (TPSA) is 274 Å². The Bertz CT molecular complexity index is 3200. The second-order valence-electron chi connectivity index (χ2n) is 20.8. The Morgan fingerprint density at radius 3 is 1.36 bits per heavy atom. The number of amides is 6. The van der Waals surface area contributed by atoms with Crippen molar-refractivity contribution in [3.8, 4) is 45.0 Å². The zero-order chi connectivity index (χ0) is 62.3. The van der Waals surface area contributed by atoms with Gasteiger partial charge in [-0.15, -0.1) is 10.2 Å². The number of nitrogens with one attached hydrogen (secondary N) is 4. The zero-order valence-corrected chi connectivity index (χ0v) is 51.1. The standard InChI is InChI=1S/2C32H42N6O6/c1-3-4-9-16-34-32(41)44-20-18-38-31-25-11-6-5-10-24(25)23-37(27-13-8-7-12-26(27)30(31)35-36-38)29(40)15-14-28(39)33-17-19-43-22-21-42-2;1-3-4-9-16-34-32(41)44-20-18-38-31-26-12-7-8-13-27(26)37(23-24-10-5-6-11-25(24)30(31)35-36-38)29(40)15-14-28(39)33-17-19-43-22-21-42-2/h2*5-8,10-13H,3-4,9,14-23H2,1-2H3,(H,33,39)(H,34,41). The first-order valence-electron chi connectivity index (χ1n) is 30.4. The molecule has 2 aromatic heterocycles. The fraction of sp³-hybridized carbons (Fsp3) is 0.469. The molecule has 88 heavy (non-hydrogen) atoms. The monoisotopic (exact) mass is 1210 g/mol. The Kier molecular flexibility index (Phi) is 27.8. The first kappa shape index (κ1) is 66.9. The van der Waals surface area contributed by atoms with Crippen LogP contribution in [0.4, 0.5) is 21.0 Å². The Morgan fingerprint density at radius 1 is 0.443 bits per heavy atom. The molecular weight excluding hydrogens is 1130 g/mol. The fourth-order valence-electron chi connectivity index (χ4n) is 9.97. The number of nitrogens with zero attached hydrogens (tertiary/aromatic N) is 8. The van der Waals surface area contributed by atoms with Crippen molar-refractivity contribution in [2.24, 2.45) is 0 Å². The van der Waals surface area contributed by atoms with Crippen LogP contribution in [0, 0.1) is 0 Å². The number of alkyl carbamates (subject to hydrolysis) is 2. The molecular formula is C64H84N12O12. The van der Waals surface area contributed by atoms with Gasteiger partial charge in [0.1, 0.15) is 24.6 Å². The van der Waals surface area contributed by atoms with Gasteiger partial charge in [-0.2, -0.15) is 0 Å². The number of carbonyl (C=O) groups excluding carboxylic acids is 6. The van der Waals surface area contributed by atoms with E-state index in [9.17, 15) is 28.8 Å². The molecule has 4 aromatic carbocycles. The van der Waals surface area contributed by atoms with Crippen molar-refractivity contribution in [2.75, 3.05) is 103 Å². The molecule has 0 unspecified atom stereocenters. The van der Waals surface area contributed by atoms with E-state index in [1.165, 1.54) is 0 Å². The predicted octanol–water partition coefficient (Wildman–Crippen LogP) is 7.87. The third-order valence-corrected chi connectivity index (χ3v) is 14.5. The van der Waals surface area contributed by atoms with Gasteiger partial charge in [-0.1, -0.05) is 135 Å². The lowest BCUT2D eigenvalue weighted by Gasteiger charge is -2.28. The summed E-state index contributed by atoms with van der Waals surface area (Å²) in [7, 11) is 3.20. The lowest BCUT2D eigenvalue weighted by Crippen LogP contribution is -2.34. The molecule has 0 aliphatic carbocycles. The van der Waals surface area contributed by atoms with Crippen molar-refractivity contribution in [1.82, 2.24) is 51.3 Å². The number of hydrogen-bond donors (Lipinski definition) is 4. The normalized spacial score (nSPS) is 11.9. The molecule has 0 spiro atoms. The molecule has 8 rings (SSSR count). The maximum atomic E-state index is 13.7. The number of fused-ring (bicyclic) bond motifs is 10. The Balaban J connectivity index is 0.000000251. The van der Waals surface area contributed by atoms with E-state index in [1.54, 1.807) is 33.4 Å². The van der Waals surface area contributed by atoms with Crippen LogP contribution in [0.15, 0.2) is 97.1 Å². The second kappa shape index (κ2) is 36.5. The lowest BCUT2D eigenvalue weighted by atomic mass is 9.95. The van der Waals surface area contributed by atoms with Gasteiger partial charge >= 0.3 is 12.2 Å². The average molecular weight is 1210 g/mol. The van der Waals surface area contributed by atoms with Crippen LogP contribution in [0.25, 0.3) is 45.0 Å². The number of hydrogen-bond acceptors (Lipinski definition) is 16. The van der Waals surface area contributed by atoms with E-state index >= 15 is 0 Å². The third kappa shape index (κ3) is 19.7. The highest BCUT2D eigenvalue weighted by molar-refractivity contribution is 6.02. The molecule has 6 aromatic rings. The van der Waals surface area contributed by atoms with Crippen LogP contribution in [0.3, 0.4) is 0 Å². The summed E-state index contributed by atoms with van der Waals surface area (Å²) in [5, 5.41) is 29.1. The predicted molar refractivity (Wildman–Crippen MR) is 332 cm³/mol. The summed E-state index contributed by atoms with van der Waals surface area (Å²) in [5.41, 5.74) is 9.31. The Hall–Kier alpha value is -8.58. The molecule has 4 heterocycles. The summed E-state index contributed by atoms with van der Waals surface area (Å²) in [6, 6.07) is 30.8. The van der Waals surface area contributed by atoms with Gasteiger partial charge in [-0.05, 0) is 36.1 Å². The summed E-state index contributed by atoms with van der Waals surface area (Å²) in [6.45, 7) is 10.2. The molecule has 0 saturated heterocycles. The van der Waals surface area contributed by atoms with E-state index in [4.69, 9.17) is 28.4 Å². The second-order valence-corrected chi connectivity index (χ2v) is 20.8. The first-order valence-corrected chi connectivity index (χ1v) is 30.4. The average Bonchev–Trinajstić information content (AvgIpc) is 3.24. The van der Waals surface area contributed by atoms with Crippen LogP contribution in [-0.2, 0) is 73.8 Å². The van der Waals surface area contributed by atoms with Crippen LogP contribution in [0.5, 0.6) is 0 Å². The zero-order valence-electron chi connectivity index (χ0n) is 51.1. The summed E-state index contributed by atoms with van der Waals surface area (Å²) in [6.07, 6.45) is 5.35. The quantitative estimate of drug-likeness (QED) is 0.0293. The molecule has 2 aliphatic heterocycles. The molecule has 2 aliphatic rings. The van der Waals surface area contributed by atoms with Crippen LogP contribution in [0.2, 0.25) is 0 Å². The van der Waals surface area contributed by atoms with Crippen molar-refractivity contribution in [2.45, 2.75) is 104 Å². The maximum Gasteiger partial charge on any atom is 0.407 e. The van der Waals surface area contributed by atoms with Gasteiger partial charge in [0, 0.05) is 88.3 Å². The summed E-state index contributed by atoms with van der Waals surface area (Å²) in [5.74, 6) is -0.776. The summed E-state index contributed by atoms with van der Waals surface area (Å²) < 4.78 is 34.9. The minimum atomic E-state index is -0.464. The minimum absolute atomic E-state index is 0.0401. The van der Waals surface area contributed by atoms with Gasteiger partial charge < -0.3 is 59.5 Å². The molecule has 24 heteroatoms. The Morgan fingerprint density at radius 2 is 0.864 bits per heavy atom. The van der Waals surface area contributed by atoms with Crippen LogP contribution < -0.4 is 31.1 Å². The van der Waals surface area contributed by atoms with E-state index in [1.807, 2.05) is 97.1 Å². The number of unbranched alkanes of at least 4 members (excludes halogenated alkanes) is 4. The van der Waals surface area contributed by atoms with Gasteiger partial charge in [-0.3, -0.25) is 19.2 Å². The van der Waals surface area contributed by atoms with Crippen molar-refractivity contribution in [1.29, 1.82) is 0 Å². The fourth-order valence-corrected chi connectivity index (χ4v) is 9.97. The number of methoxy groups -OCH3 is 2. The van der Waals surface area contributed by atoms with E-state index < -0.39 is 12.2 Å². The van der Waals surface area contributed by atoms with Crippen molar-refractivity contribution >= 4 is 47.2 Å². The number of anilines is 2. The molecule has 0 saturated carbocycles. The number of aromatic nitrogens is 6. The number of ether oxygens (including phenoxy) is 6. The largest absolute Gasteiger partial charge is 0.448 e. The van der Waals surface area contributed by atoms with E-state index in [0.29, 0.717) is 108 Å². The molecule has 24 nitrogen and oxygen atoms in total. The van der Waals surface area contributed by atoms with Gasteiger partial charge in [0.15, 0.2) is 0 Å². The molecule has 0 bridgehead atoms. The van der Waals surface area contributed by atoms with E-state index in [0.717, 1.165) is 83.3 Å². The van der Waals surface area contributed by atoms with Gasteiger partial charge in [0.2, 0.25) is 23.6 Å². The smallest absolute Gasteiger partial charge is 0.407 e. The van der Waals surface area contributed by atoms with E-state index in [2.05, 4.69) is 55.7 Å². The first-order chi connectivity index (χ1) is 43.1. The highest BCUT2D eigenvalue weighted by Crippen LogP contribution is 2.43. The van der Waals surface area contributed by atoms with Gasteiger partial charge in [-0.25, -0.2) is 19.0 Å². The van der Waals surface area contributed by atoms with Crippen molar-refractivity contribution in [3.05, 3.63) is 108 Å². The molecule has 0 radical (unpaired) electrons. The SMILES string of the molecule is CCCCCNC(=O)OCCn1nnc2c1-c1ccccc1CN(C(=O)CCC(=O)NCCOCCOC)c1ccccc1-2.CCCCCNC(=O)OCCn1nnc2c1-c1ccccc1N(C(=O)CCC(=O)NCCOCCOC)Cc1ccccc1-2. The maximum absolute atomic E-state index is 13.7. The van der Waals surface area contributed by atoms with Crippen LogP contribution in [-0.4, -0.2) is 159 Å². The molecule has 4 N–H and O–H groups in total. The molecule has 6 amide bonds. The number of para-hydroxylation sites is 2. The van der Waals surface area contributed by atoms with E-state index in [-0.39, 0.29) is 69.1 Å². The number of rotatable bonds is 32. The van der Waals surface area contributed by atoms with Crippen LogP contribution in [0.1, 0.15) is 89.2 Å². The molecule has 0 atom stereocenters. The lowest BCUT2D eigenvalue weighted by molar-refractivity contribution is -0.125. The Labute approximate surface area is 514 Å². The highest BCUT2D eigenvalue weighted by Gasteiger charge is 2.31. The summed E-state index contributed by atoms with van der Waals surface area (Å²) >= 11 is 0. The van der Waals surface area contributed by atoms with Crippen LogP contribution >= 0.6 is 0 Å². The highest BCUT2D eigenvalue weighted by atomic mass is 16.6. The molecule has 0 fully saturated rings. The third-order valence-electron chi connectivity index (χ3n) is 14.5. The number of benzene rings is 4. The minimum Gasteiger partial charge on any atom is -0.448 e. The van der Waals surface area contributed by atoms with Gasteiger partial charge in [0.05, 0.1) is 88.6 Å². The number of carbonyl (C=O) groups is 6. The van der Waals surface area contributed by atoms with Crippen molar-refractivity contribution in [3.63, 3.8) is 0 Å². The molecule has 472 valence electrons.